The molecule has 3 N–H and O–H groups in total. The number of ether oxygens (including phenoxy) is 1. The smallest absolute Gasteiger partial charge is 0.229 e. The second-order valence-corrected chi connectivity index (χ2v) is 7.98. The Morgan fingerprint density at radius 2 is 1.41 bits per heavy atom. The molecule has 0 spiro atoms. The fourth-order valence-corrected chi connectivity index (χ4v) is 3.37. The first kappa shape index (κ1) is 22.8. The molecular formula is C27H27N5O2. The number of methoxy groups -OCH3 is 1. The lowest BCUT2D eigenvalue weighted by Crippen LogP contribution is -2.14. The molecule has 1 amide bonds. The first-order valence-corrected chi connectivity index (χ1v) is 11.0. The minimum atomic E-state index is -0.0548. The highest BCUT2D eigenvalue weighted by molar-refractivity contribution is 5.92. The summed E-state index contributed by atoms with van der Waals surface area (Å²) in [7, 11) is 1.64. The molecule has 0 atom stereocenters. The van der Waals surface area contributed by atoms with Gasteiger partial charge in [0.2, 0.25) is 11.9 Å². The van der Waals surface area contributed by atoms with Gasteiger partial charge >= 0.3 is 0 Å². The maximum atomic E-state index is 12.3. The van der Waals surface area contributed by atoms with Crippen molar-refractivity contribution in [3.63, 3.8) is 0 Å². The Morgan fingerprint density at radius 1 is 0.794 bits per heavy atom. The number of nitrogens with one attached hydrogen (secondary N) is 3. The van der Waals surface area contributed by atoms with Crippen LogP contribution in [0.25, 0.3) is 0 Å². The Kier molecular flexibility index (Phi) is 7.03. The van der Waals surface area contributed by atoms with Crippen molar-refractivity contribution in [2.75, 3.05) is 23.1 Å². The van der Waals surface area contributed by atoms with Crippen LogP contribution in [0.15, 0.2) is 78.9 Å². The van der Waals surface area contributed by atoms with Crippen molar-refractivity contribution in [3.05, 3.63) is 95.7 Å². The van der Waals surface area contributed by atoms with Crippen LogP contribution in [0.2, 0.25) is 0 Å². The number of carbonyl (C=O) groups is 1. The molecule has 4 rings (SSSR count). The second kappa shape index (κ2) is 10.5. The van der Waals surface area contributed by atoms with E-state index in [9.17, 15) is 4.79 Å². The summed E-state index contributed by atoms with van der Waals surface area (Å²) >= 11 is 0. The summed E-state index contributed by atoms with van der Waals surface area (Å²) in [6, 6.07) is 24.9. The molecule has 7 nitrogen and oxygen atoms in total. The molecule has 0 fully saturated rings. The van der Waals surface area contributed by atoms with Crippen LogP contribution >= 0.6 is 0 Å². The van der Waals surface area contributed by atoms with Gasteiger partial charge in [-0.3, -0.25) is 4.79 Å². The molecular weight excluding hydrogens is 426 g/mol. The summed E-state index contributed by atoms with van der Waals surface area (Å²) < 4.78 is 5.20. The summed E-state index contributed by atoms with van der Waals surface area (Å²) in [6.45, 7) is 3.94. The van der Waals surface area contributed by atoms with Crippen LogP contribution in [0, 0.1) is 13.8 Å². The number of hydrogen-bond acceptors (Lipinski definition) is 6. The van der Waals surface area contributed by atoms with Gasteiger partial charge in [0.25, 0.3) is 0 Å². The van der Waals surface area contributed by atoms with Crippen LogP contribution in [0.1, 0.15) is 16.8 Å². The molecule has 1 heterocycles. The van der Waals surface area contributed by atoms with Gasteiger partial charge in [-0.25, -0.2) is 4.98 Å². The molecule has 0 bridgehead atoms. The number of benzene rings is 3. The van der Waals surface area contributed by atoms with Gasteiger partial charge in [-0.05, 0) is 67.9 Å². The minimum Gasteiger partial charge on any atom is -0.497 e. The van der Waals surface area contributed by atoms with Crippen LogP contribution in [0.3, 0.4) is 0 Å². The number of aryl methyl sites for hydroxylation is 2. The predicted octanol–water partition coefficient (Wildman–Crippen LogP) is 5.77. The third kappa shape index (κ3) is 6.32. The van der Waals surface area contributed by atoms with Crippen molar-refractivity contribution in [2.45, 2.75) is 20.3 Å². The number of rotatable bonds is 8. The lowest BCUT2D eigenvalue weighted by atomic mass is 10.1. The van der Waals surface area contributed by atoms with Crippen molar-refractivity contribution >= 4 is 34.7 Å². The molecule has 3 aromatic carbocycles. The van der Waals surface area contributed by atoms with E-state index in [1.807, 2.05) is 92.7 Å². The van der Waals surface area contributed by atoms with E-state index in [1.165, 1.54) is 5.56 Å². The maximum absolute atomic E-state index is 12.3. The Labute approximate surface area is 199 Å². The molecule has 4 aromatic rings. The van der Waals surface area contributed by atoms with Gasteiger partial charge in [0.15, 0.2) is 0 Å². The van der Waals surface area contributed by atoms with Gasteiger partial charge in [0.1, 0.15) is 11.6 Å². The molecule has 0 aliphatic carbocycles. The molecule has 0 saturated carbocycles. The number of hydrogen-bond donors (Lipinski definition) is 3. The molecule has 0 unspecified atom stereocenters. The summed E-state index contributed by atoms with van der Waals surface area (Å²) in [4.78, 5) is 21.4. The average molecular weight is 454 g/mol. The normalized spacial score (nSPS) is 10.4. The zero-order valence-electron chi connectivity index (χ0n) is 19.4. The molecule has 0 aliphatic rings. The molecule has 172 valence electrons. The molecule has 0 aliphatic heterocycles. The largest absolute Gasteiger partial charge is 0.497 e. The summed E-state index contributed by atoms with van der Waals surface area (Å²) in [5, 5.41) is 9.43. The van der Waals surface area contributed by atoms with Gasteiger partial charge in [0, 0.05) is 28.8 Å². The van der Waals surface area contributed by atoms with Crippen LogP contribution in [-0.4, -0.2) is 23.0 Å². The van der Waals surface area contributed by atoms with Crippen LogP contribution < -0.4 is 20.7 Å². The lowest BCUT2D eigenvalue weighted by Gasteiger charge is -2.11. The van der Waals surface area contributed by atoms with Gasteiger partial charge in [-0.2, -0.15) is 4.98 Å². The van der Waals surface area contributed by atoms with E-state index in [2.05, 4.69) is 25.9 Å². The monoisotopic (exact) mass is 453 g/mol. The first-order valence-electron chi connectivity index (χ1n) is 11.0. The van der Waals surface area contributed by atoms with E-state index in [0.717, 1.165) is 34.1 Å². The van der Waals surface area contributed by atoms with E-state index < -0.39 is 0 Å². The highest BCUT2D eigenvalue weighted by Crippen LogP contribution is 2.22. The maximum Gasteiger partial charge on any atom is 0.229 e. The molecule has 34 heavy (non-hydrogen) atoms. The van der Waals surface area contributed by atoms with E-state index in [-0.39, 0.29) is 5.91 Å². The molecule has 1 aromatic heterocycles. The van der Waals surface area contributed by atoms with E-state index in [0.29, 0.717) is 18.2 Å². The van der Waals surface area contributed by atoms with Crippen molar-refractivity contribution < 1.29 is 9.53 Å². The number of anilines is 5. The zero-order chi connectivity index (χ0) is 23.9. The Hall–Kier alpha value is -4.39. The van der Waals surface area contributed by atoms with Gasteiger partial charge in [0.05, 0.1) is 13.5 Å². The average Bonchev–Trinajstić information content (AvgIpc) is 2.82. The van der Waals surface area contributed by atoms with Gasteiger partial charge < -0.3 is 20.7 Å². The number of aromatic nitrogens is 2. The number of nitrogens with zero attached hydrogens (tertiary/aromatic N) is 2. The van der Waals surface area contributed by atoms with E-state index in [4.69, 9.17) is 4.74 Å². The third-order valence-electron chi connectivity index (χ3n) is 5.13. The van der Waals surface area contributed by atoms with E-state index in [1.54, 1.807) is 7.11 Å². The topological polar surface area (TPSA) is 88.2 Å². The van der Waals surface area contributed by atoms with Crippen molar-refractivity contribution in [1.82, 2.24) is 9.97 Å². The Morgan fingerprint density at radius 3 is 2.09 bits per heavy atom. The summed E-state index contributed by atoms with van der Waals surface area (Å²) in [5.41, 5.74) is 5.43. The fourth-order valence-electron chi connectivity index (χ4n) is 3.37. The van der Waals surface area contributed by atoms with Crippen LogP contribution in [0.5, 0.6) is 5.75 Å². The minimum absolute atomic E-state index is 0.0548. The molecule has 7 heteroatoms. The zero-order valence-corrected chi connectivity index (χ0v) is 19.4. The quantitative estimate of drug-likeness (QED) is 0.314. The van der Waals surface area contributed by atoms with Gasteiger partial charge in [-0.1, -0.05) is 29.8 Å². The fraction of sp³-hybridized carbons (Fsp3) is 0.148. The third-order valence-corrected chi connectivity index (χ3v) is 5.13. The number of carbonyl (C=O) groups excluding carboxylic acids is 1. The first-order chi connectivity index (χ1) is 16.5. The molecule has 0 radical (unpaired) electrons. The SMILES string of the molecule is COc1ccc(Nc2cc(C)nc(Nc3ccc(NC(=O)Cc4ccc(C)cc4)cc3)n2)cc1. The summed E-state index contributed by atoms with van der Waals surface area (Å²) in [6.07, 6.45) is 0.335. The van der Waals surface area contributed by atoms with Crippen molar-refractivity contribution in [2.24, 2.45) is 0 Å². The standard InChI is InChI=1S/C27H27N5O2/c1-18-4-6-20(7-5-18)17-26(33)30-22-8-10-23(11-9-22)31-27-28-19(2)16-25(32-27)29-21-12-14-24(34-3)15-13-21/h4-16H,17H2,1-3H3,(H,30,33)(H2,28,29,31,32). The van der Waals surface area contributed by atoms with Crippen molar-refractivity contribution in [1.29, 1.82) is 0 Å². The Balaban J connectivity index is 1.37. The van der Waals surface area contributed by atoms with Crippen LogP contribution in [0.4, 0.5) is 28.8 Å². The number of amides is 1. The lowest BCUT2D eigenvalue weighted by molar-refractivity contribution is -0.115. The molecule has 0 saturated heterocycles. The van der Waals surface area contributed by atoms with Gasteiger partial charge in [-0.15, -0.1) is 0 Å². The summed E-state index contributed by atoms with van der Waals surface area (Å²) in [5.74, 6) is 1.90. The predicted molar refractivity (Wildman–Crippen MR) is 136 cm³/mol. The highest BCUT2D eigenvalue weighted by atomic mass is 16.5. The highest BCUT2D eigenvalue weighted by Gasteiger charge is 2.07. The van der Waals surface area contributed by atoms with Crippen molar-refractivity contribution in [3.8, 4) is 5.75 Å². The van der Waals surface area contributed by atoms with E-state index >= 15 is 0 Å². The Bertz CT molecular complexity index is 1250. The van der Waals surface area contributed by atoms with Crippen LogP contribution in [-0.2, 0) is 11.2 Å². The second-order valence-electron chi connectivity index (χ2n) is 7.98.